The van der Waals surface area contributed by atoms with Crippen molar-refractivity contribution in [2.45, 2.75) is 31.7 Å². The summed E-state index contributed by atoms with van der Waals surface area (Å²) in [6.07, 6.45) is 3.40. The molecule has 0 aromatic heterocycles. The average Bonchev–Trinajstić information content (AvgIpc) is 3.25. The molecule has 0 spiro atoms. The minimum atomic E-state index is -0.807. The van der Waals surface area contributed by atoms with Crippen LogP contribution in [0, 0.1) is 5.41 Å². The molecule has 0 heterocycles. The number of carbonyl (C=O) groups is 2. The van der Waals surface area contributed by atoms with Gasteiger partial charge < -0.3 is 10.6 Å². The molecule has 0 atom stereocenters. The summed E-state index contributed by atoms with van der Waals surface area (Å²) in [6, 6.07) is 9.57. The molecule has 4 heteroatoms. The van der Waals surface area contributed by atoms with Gasteiger partial charge in [-0.2, -0.15) is 0 Å². The summed E-state index contributed by atoms with van der Waals surface area (Å²) in [6.45, 7) is 0. The zero-order valence-electron chi connectivity index (χ0n) is 10.1. The molecule has 0 radical (unpaired) electrons. The second-order valence-corrected chi connectivity index (χ2v) is 5.15. The van der Waals surface area contributed by atoms with Crippen molar-refractivity contribution in [2.24, 2.45) is 5.41 Å². The van der Waals surface area contributed by atoms with Gasteiger partial charge in [-0.25, -0.2) is 0 Å². The van der Waals surface area contributed by atoms with E-state index in [0.29, 0.717) is 18.9 Å². The van der Waals surface area contributed by atoms with Crippen LogP contribution in [0.4, 0.5) is 5.69 Å². The smallest absolute Gasteiger partial charge is 0.240 e. The number of anilines is 1. The zero-order chi connectivity index (χ0) is 12.6. The van der Waals surface area contributed by atoms with Crippen LogP contribution < -0.4 is 10.6 Å². The first-order valence-electron chi connectivity index (χ1n) is 6.38. The number of carbonyl (C=O) groups excluding carboxylic acids is 2. The van der Waals surface area contributed by atoms with E-state index >= 15 is 0 Å². The van der Waals surface area contributed by atoms with Crippen molar-refractivity contribution >= 4 is 17.5 Å². The molecule has 2 aliphatic rings. The highest BCUT2D eigenvalue weighted by Gasteiger charge is 2.57. The lowest BCUT2D eigenvalue weighted by molar-refractivity contribution is -0.134. The summed E-state index contributed by atoms with van der Waals surface area (Å²) >= 11 is 0. The molecule has 1 aromatic carbocycles. The summed E-state index contributed by atoms with van der Waals surface area (Å²) in [7, 11) is 0. The quantitative estimate of drug-likeness (QED) is 0.792. The number of hydrogen-bond donors (Lipinski definition) is 2. The van der Waals surface area contributed by atoms with Gasteiger partial charge in [0, 0.05) is 11.7 Å². The first kappa shape index (κ1) is 11.3. The fourth-order valence-corrected chi connectivity index (χ4v) is 2.01. The second kappa shape index (κ2) is 4.12. The van der Waals surface area contributed by atoms with Crippen LogP contribution in [0.5, 0.6) is 0 Å². The maximum atomic E-state index is 12.2. The molecule has 1 aromatic rings. The first-order valence-corrected chi connectivity index (χ1v) is 6.38. The Morgan fingerprint density at radius 1 is 1.06 bits per heavy atom. The molecule has 0 unspecified atom stereocenters. The lowest BCUT2D eigenvalue weighted by atomic mass is 10.1. The van der Waals surface area contributed by atoms with Crippen LogP contribution in [0.3, 0.4) is 0 Å². The van der Waals surface area contributed by atoms with Gasteiger partial charge in [0.1, 0.15) is 5.41 Å². The van der Waals surface area contributed by atoms with Crippen molar-refractivity contribution in [1.29, 1.82) is 0 Å². The SMILES string of the molecule is O=C(Nc1ccccc1)C1(C(=O)NC2CC2)CC1. The summed E-state index contributed by atoms with van der Waals surface area (Å²) < 4.78 is 0. The first-order chi connectivity index (χ1) is 8.71. The highest BCUT2D eigenvalue weighted by atomic mass is 16.2. The van der Waals surface area contributed by atoms with Crippen LogP contribution in [0.15, 0.2) is 30.3 Å². The fraction of sp³-hybridized carbons (Fsp3) is 0.429. The third kappa shape index (κ3) is 2.10. The Bertz CT molecular complexity index is 476. The van der Waals surface area contributed by atoms with E-state index < -0.39 is 5.41 Å². The van der Waals surface area contributed by atoms with Crippen molar-refractivity contribution in [1.82, 2.24) is 5.32 Å². The highest BCUT2D eigenvalue weighted by Crippen LogP contribution is 2.47. The monoisotopic (exact) mass is 244 g/mol. The predicted molar refractivity (Wildman–Crippen MR) is 67.9 cm³/mol. The maximum Gasteiger partial charge on any atom is 0.240 e. The number of rotatable bonds is 4. The van der Waals surface area contributed by atoms with E-state index in [0.717, 1.165) is 18.5 Å². The lowest BCUT2D eigenvalue weighted by Gasteiger charge is -2.15. The number of benzene rings is 1. The minimum Gasteiger partial charge on any atom is -0.352 e. The second-order valence-electron chi connectivity index (χ2n) is 5.15. The van der Waals surface area contributed by atoms with Gasteiger partial charge in [-0.3, -0.25) is 9.59 Å². The number of amides is 2. The Morgan fingerprint density at radius 2 is 1.72 bits per heavy atom. The molecule has 0 saturated heterocycles. The zero-order valence-corrected chi connectivity index (χ0v) is 10.1. The van der Waals surface area contributed by atoms with Gasteiger partial charge in [0.05, 0.1) is 0 Å². The molecule has 2 aliphatic carbocycles. The lowest BCUT2D eigenvalue weighted by Crippen LogP contribution is -2.40. The number of nitrogens with one attached hydrogen (secondary N) is 2. The summed E-state index contributed by atoms with van der Waals surface area (Å²) in [5.41, 5.74) is -0.0636. The Morgan fingerprint density at radius 3 is 2.28 bits per heavy atom. The van der Waals surface area contributed by atoms with Gasteiger partial charge in [-0.05, 0) is 37.8 Å². The van der Waals surface area contributed by atoms with Gasteiger partial charge in [-0.15, -0.1) is 0 Å². The molecule has 94 valence electrons. The molecule has 0 aliphatic heterocycles. The molecule has 2 amide bonds. The topological polar surface area (TPSA) is 58.2 Å². The molecule has 2 saturated carbocycles. The van der Waals surface area contributed by atoms with E-state index in [1.54, 1.807) is 0 Å². The molecule has 0 bridgehead atoms. The third-order valence-electron chi connectivity index (χ3n) is 3.56. The summed E-state index contributed by atoms with van der Waals surface area (Å²) in [4.78, 5) is 24.2. The Labute approximate surface area is 106 Å². The third-order valence-corrected chi connectivity index (χ3v) is 3.56. The van der Waals surface area contributed by atoms with Gasteiger partial charge >= 0.3 is 0 Å². The van der Waals surface area contributed by atoms with Crippen LogP contribution in [-0.2, 0) is 9.59 Å². The largest absolute Gasteiger partial charge is 0.352 e. The van der Waals surface area contributed by atoms with E-state index in [-0.39, 0.29) is 11.8 Å². The molecular formula is C14H16N2O2. The van der Waals surface area contributed by atoms with E-state index in [1.807, 2.05) is 30.3 Å². The molecule has 3 rings (SSSR count). The average molecular weight is 244 g/mol. The van der Waals surface area contributed by atoms with Gasteiger partial charge in [-0.1, -0.05) is 18.2 Å². The normalized spacial score (nSPS) is 20.0. The number of para-hydroxylation sites is 1. The molecular weight excluding hydrogens is 228 g/mol. The molecule has 18 heavy (non-hydrogen) atoms. The molecule has 4 nitrogen and oxygen atoms in total. The van der Waals surface area contributed by atoms with Crippen molar-refractivity contribution in [3.8, 4) is 0 Å². The fourth-order valence-electron chi connectivity index (χ4n) is 2.01. The maximum absolute atomic E-state index is 12.2. The highest BCUT2D eigenvalue weighted by molar-refractivity contribution is 6.13. The van der Waals surface area contributed by atoms with Gasteiger partial charge in [0.15, 0.2) is 0 Å². The predicted octanol–water partition coefficient (Wildman–Crippen LogP) is 1.68. The van der Waals surface area contributed by atoms with E-state index in [9.17, 15) is 9.59 Å². The van der Waals surface area contributed by atoms with E-state index in [1.165, 1.54) is 0 Å². The molecule has 2 fully saturated rings. The van der Waals surface area contributed by atoms with Crippen LogP contribution in [0.25, 0.3) is 0 Å². The van der Waals surface area contributed by atoms with Crippen LogP contribution in [-0.4, -0.2) is 17.9 Å². The summed E-state index contributed by atoms with van der Waals surface area (Å²) in [5.74, 6) is -0.273. The van der Waals surface area contributed by atoms with Crippen LogP contribution in [0.2, 0.25) is 0 Å². The van der Waals surface area contributed by atoms with Gasteiger partial charge in [0.2, 0.25) is 11.8 Å². The van der Waals surface area contributed by atoms with E-state index in [2.05, 4.69) is 10.6 Å². The van der Waals surface area contributed by atoms with Crippen molar-refractivity contribution in [2.75, 3.05) is 5.32 Å². The molecule has 2 N–H and O–H groups in total. The minimum absolute atomic E-state index is 0.0987. The summed E-state index contributed by atoms with van der Waals surface area (Å²) in [5, 5.41) is 5.74. The Hall–Kier alpha value is -1.84. The van der Waals surface area contributed by atoms with Crippen molar-refractivity contribution < 1.29 is 9.59 Å². The van der Waals surface area contributed by atoms with Gasteiger partial charge in [0.25, 0.3) is 0 Å². The van der Waals surface area contributed by atoms with Crippen molar-refractivity contribution in [3.05, 3.63) is 30.3 Å². The van der Waals surface area contributed by atoms with E-state index in [4.69, 9.17) is 0 Å². The standard InChI is InChI=1S/C14H16N2O2/c17-12(15-10-4-2-1-3-5-10)14(8-9-14)13(18)16-11-6-7-11/h1-5,11H,6-9H2,(H,15,17)(H,16,18). The Kier molecular flexibility index (Phi) is 2.58. The van der Waals surface area contributed by atoms with Crippen LogP contribution in [0.1, 0.15) is 25.7 Å². The number of hydrogen-bond acceptors (Lipinski definition) is 2. The Balaban J connectivity index is 1.66. The van der Waals surface area contributed by atoms with Crippen LogP contribution >= 0.6 is 0 Å². The van der Waals surface area contributed by atoms with Crippen molar-refractivity contribution in [3.63, 3.8) is 0 Å².